The van der Waals surface area contributed by atoms with Crippen LogP contribution in [-0.2, 0) is 25.2 Å². The first-order valence-electron chi connectivity index (χ1n) is 7.02. The molecular weight excluding hydrogens is 270 g/mol. The third-order valence-electron chi connectivity index (χ3n) is 3.56. The number of hydrogen-bond donors (Lipinski definition) is 0. The van der Waals surface area contributed by atoms with Crippen molar-refractivity contribution in [3.05, 3.63) is 30.1 Å². The van der Waals surface area contributed by atoms with Crippen LogP contribution in [0.5, 0.6) is 0 Å². The van der Waals surface area contributed by atoms with Crippen LogP contribution in [0.15, 0.2) is 24.5 Å². The van der Waals surface area contributed by atoms with E-state index < -0.39 is 8.80 Å². The molecule has 0 aliphatic carbocycles. The maximum atomic E-state index is 5.44. The zero-order chi connectivity index (χ0) is 15.2. The number of aromatic nitrogens is 1. The maximum absolute atomic E-state index is 5.44. The van der Waals surface area contributed by atoms with Gasteiger partial charge >= 0.3 is 8.80 Å². The molecule has 5 heteroatoms. The van der Waals surface area contributed by atoms with E-state index in [9.17, 15) is 0 Å². The molecule has 0 N–H and O–H groups in total. The van der Waals surface area contributed by atoms with E-state index in [0.29, 0.717) is 0 Å². The number of aryl methyl sites for hydroxylation is 1. The molecule has 0 aliphatic heterocycles. The standard InChI is InChI=1S/C15H28NO3Si/c1-15(2,3)14-9-7-10-16(13-14)11-8-12-20(17-4,18-5)19-6/h7,9-10,13H,8,11-12H2,1-6H3/q+1. The lowest BCUT2D eigenvalue weighted by atomic mass is 9.88. The van der Waals surface area contributed by atoms with Gasteiger partial charge in [0.2, 0.25) is 0 Å². The molecule has 0 aliphatic rings. The van der Waals surface area contributed by atoms with Crippen LogP contribution in [0.25, 0.3) is 0 Å². The molecule has 20 heavy (non-hydrogen) atoms. The van der Waals surface area contributed by atoms with Crippen molar-refractivity contribution in [3.63, 3.8) is 0 Å². The Labute approximate surface area is 124 Å². The molecule has 0 atom stereocenters. The van der Waals surface area contributed by atoms with Crippen LogP contribution in [0.2, 0.25) is 6.04 Å². The summed E-state index contributed by atoms with van der Waals surface area (Å²) in [5, 5.41) is 0. The van der Waals surface area contributed by atoms with Gasteiger partial charge in [0.1, 0.15) is 6.54 Å². The fraction of sp³-hybridized carbons (Fsp3) is 0.667. The summed E-state index contributed by atoms with van der Waals surface area (Å²) in [6, 6.07) is 5.10. The molecule has 0 fully saturated rings. The molecule has 114 valence electrons. The zero-order valence-electron chi connectivity index (χ0n) is 13.6. The average molecular weight is 298 g/mol. The highest BCUT2D eigenvalue weighted by Gasteiger charge is 2.37. The first-order chi connectivity index (χ1) is 9.37. The van der Waals surface area contributed by atoms with Crippen molar-refractivity contribution in [1.29, 1.82) is 0 Å². The molecule has 0 radical (unpaired) electrons. The molecule has 1 heterocycles. The topological polar surface area (TPSA) is 31.6 Å². The van der Waals surface area contributed by atoms with Gasteiger partial charge in [0.25, 0.3) is 0 Å². The van der Waals surface area contributed by atoms with Crippen molar-refractivity contribution in [3.8, 4) is 0 Å². The lowest BCUT2D eigenvalue weighted by Crippen LogP contribution is -2.44. The van der Waals surface area contributed by atoms with Crippen LogP contribution >= 0.6 is 0 Å². The van der Waals surface area contributed by atoms with Gasteiger partial charge in [-0.1, -0.05) is 20.8 Å². The van der Waals surface area contributed by atoms with Crippen LogP contribution in [0.1, 0.15) is 32.8 Å². The minimum atomic E-state index is -2.43. The largest absolute Gasteiger partial charge is 0.500 e. The predicted molar refractivity (Wildman–Crippen MR) is 81.5 cm³/mol. The second kappa shape index (κ2) is 7.31. The first kappa shape index (κ1) is 17.3. The number of rotatable bonds is 7. The lowest BCUT2D eigenvalue weighted by Gasteiger charge is -2.23. The zero-order valence-corrected chi connectivity index (χ0v) is 14.6. The van der Waals surface area contributed by atoms with Gasteiger partial charge in [-0.15, -0.1) is 0 Å². The average Bonchev–Trinajstić information content (AvgIpc) is 2.44. The van der Waals surface area contributed by atoms with Crippen molar-refractivity contribution in [2.75, 3.05) is 21.3 Å². The van der Waals surface area contributed by atoms with Gasteiger partial charge in [0.15, 0.2) is 12.4 Å². The normalized spacial score (nSPS) is 12.7. The molecule has 0 unspecified atom stereocenters. The summed E-state index contributed by atoms with van der Waals surface area (Å²) >= 11 is 0. The second-order valence-electron chi connectivity index (χ2n) is 5.98. The van der Waals surface area contributed by atoms with Crippen LogP contribution in [0.4, 0.5) is 0 Å². The van der Waals surface area contributed by atoms with E-state index in [-0.39, 0.29) is 5.41 Å². The van der Waals surface area contributed by atoms with Crippen molar-refractivity contribution >= 4 is 8.80 Å². The fourth-order valence-corrected chi connectivity index (χ4v) is 3.84. The summed E-state index contributed by atoms with van der Waals surface area (Å²) in [5.41, 5.74) is 1.52. The molecule has 1 aromatic heterocycles. The van der Waals surface area contributed by atoms with Gasteiger partial charge in [0.05, 0.1) is 0 Å². The molecule has 0 saturated carbocycles. The summed E-state index contributed by atoms with van der Waals surface area (Å²) in [7, 11) is 2.54. The smallest absolute Gasteiger partial charge is 0.377 e. The van der Waals surface area contributed by atoms with E-state index in [1.807, 2.05) is 0 Å². The monoisotopic (exact) mass is 298 g/mol. The number of pyridine rings is 1. The van der Waals surface area contributed by atoms with Crippen LogP contribution < -0.4 is 4.57 Å². The van der Waals surface area contributed by atoms with Crippen molar-refractivity contribution in [2.24, 2.45) is 0 Å². The van der Waals surface area contributed by atoms with Gasteiger partial charge < -0.3 is 13.3 Å². The maximum Gasteiger partial charge on any atom is 0.500 e. The molecule has 0 saturated heterocycles. The summed E-state index contributed by atoms with van der Waals surface area (Å²) in [6.07, 6.45) is 5.29. The molecule has 0 spiro atoms. The van der Waals surface area contributed by atoms with Crippen molar-refractivity contribution in [1.82, 2.24) is 0 Å². The van der Waals surface area contributed by atoms with E-state index in [0.717, 1.165) is 19.0 Å². The SMILES string of the molecule is CO[Si](CCC[n+]1cccc(C(C)(C)C)c1)(OC)OC. The van der Waals surface area contributed by atoms with Crippen LogP contribution in [-0.4, -0.2) is 30.1 Å². The highest BCUT2D eigenvalue weighted by molar-refractivity contribution is 6.60. The van der Waals surface area contributed by atoms with Crippen LogP contribution in [0, 0.1) is 0 Å². The summed E-state index contributed by atoms with van der Waals surface area (Å²) < 4.78 is 18.5. The summed E-state index contributed by atoms with van der Waals surface area (Å²) in [5.74, 6) is 0. The minimum Gasteiger partial charge on any atom is -0.377 e. The lowest BCUT2D eigenvalue weighted by molar-refractivity contribution is -0.697. The van der Waals surface area contributed by atoms with Gasteiger partial charge in [-0.3, -0.25) is 0 Å². The van der Waals surface area contributed by atoms with Crippen molar-refractivity contribution in [2.45, 2.75) is 45.2 Å². The van der Waals surface area contributed by atoms with E-state index in [1.165, 1.54) is 5.56 Å². The molecule has 0 bridgehead atoms. The Morgan fingerprint density at radius 1 is 1.10 bits per heavy atom. The van der Waals surface area contributed by atoms with Gasteiger partial charge in [-0.2, -0.15) is 0 Å². The third kappa shape index (κ3) is 4.66. The molecule has 1 rings (SSSR count). The molecule has 4 nitrogen and oxygen atoms in total. The highest BCUT2D eigenvalue weighted by Crippen LogP contribution is 2.20. The van der Waals surface area contributed by atoms with E-state index >= 15 is 0 Å². The van der Waals surface area contributed by atoms with E-state index in [2.05, 4.69) is 49.9 Å². The number of nitrogens with zero attached hydrogens (tertiary/aromatic N) is 1. The Hall–Kier alpha value is -0.753. The van der Waals surface area contributed by atoms with Crippen molar-refractivity contribution < 1.29 is 17.8 Å². The Morgan fingerprint density at radius 2 is 1.70 bits per heavy atom. The molecule has 0 amide bonds. The van der Waals surface area contributed by atoms with Crippen LogP contribution in [0.3, 0.4) is 0 Å². The fourth-order valence-electron chi connectivity index (χ4n) is 2.14. The molecule has 1 aromatic rings. The summed E-state index contributed by atoms with van der Waals surface area (Å²) in [4.78, 5) is 0. The Bertz CT molecular complexity index is 406. The quantitative estimate of drug-likeness (QED) is 0.573. The molecular formula is C15H28NO3Si+. The Balaban J connectivity index is 2.62. The highest BCUT2D eigenvalue weighted by atomic mass is 28.4. The molecule has 0 aromatic carbocycles. The predicted octanol–water partition coefficient (Wildman–Crippen LogP) is 2.54. The Morgan fingerprint density at radius 3 is 2.20 bits per heavy atom. The Kier molecular flexibility index (Phi) is 6.32. The summed E-state index contributed by atoms with van der Waals surface area (Å²) in [6.45, 7) is 7.62. The third-order valence-corrected chi connectivity index (χ3v) is 6.39. The van der Waals surface area contributed by atoms with E-state index in [4.69, 9.17) is 13.3 Å². The number of hydrogen-bond acceptors (Lipinski definition) is 3. The second-order valence-corrected chi connectivity index (χ2v) is 9.07. The first-order valence-corrected chi connectivity index (χ1v) is 8.95. The van der Waals surface area contributed by atoms with E-state index in [1.54, 1.807) is 21.3 Å². The van der Waals surface area contributed by atoms with Gasteiger partial charge in [0, 0.05) is 45.4 Å². The minimum absolute atomic E-state index is 0.174. The van der Waals surface area contributed by atoms with Gasteiger partial charge in [-0.25, -0.2) is 4.57 Å². The van der Waals surface area contributed by atoms with Gasteiger partial charge in [-0.05, 0) is 11.5 Å².